The van der Waals surface area contributed by atoms with E-state index < -0.39 is 16.9 Å². The SMILES string of the molecule is CCC(Oc1cc(OC)ccc1[N+](=O)[O-])C(N)=O. The number of benzene rings is 1. The van der Waals surface area contributed by atoms with Crippen LogP contribution in [0.5, 0.6) is 11.5 Å². The molecule has 0 aliphatic heterocycles. The highest BCUT2D eigenvalue weighted by atomic mass is 16.6. The van der Waals surface area contributed by atoms with Crippen molar-refractivity contribution in [2.45, 2.75) is 19.4 Å². The lowest BCUT2D eigenvalue weighted by Gasteiger charge is -2.14. The molecule has 0 fully saturated rings. The number of primary amides is 1. The van der Waals surface area contributed by atoms with Gasteiger partial charge in [-0.1, -0.05) is 6.92 Å². The molecule has 1 aromatic rings. The van der Waals surface area contributed by atoms with Crippen LogP contribution in [0.4, 0.5) is 5.69 Å². The van der Waals surface area contributed by atoms with Crippen molar-refractivity contribution in [3.05, 3.63) is 28.3 Å². The molecule has 0 aromatic heterocycles. The highest BCUT2D eigenvalue weighted by molar-refractivity contribution is 5.79. The Kier molecular flexibility index (Phi) is 4.47. The van der Waals surface area contributed by atoms with E-state index in [0.29, 0.717) is 12.2 Å². The Morgan fingerprint density at radius 1 is 1.56 bits per heavy atom. The summed E-state index contributed by atoms with van der Waals surface area (Å²) in [5.74, 6) is -0.311. The van der Waals surface area contributed by atoms with Gasteiger partial charge in [-0.25, -0.2) is 0 Å². The number of nitrogens with two attached hydrogens (primary N) is 1. The topological polar surface area (TPSA) is 105 Å². The molecule has 2 N–H and O–H groups in total. The molecule has 0 heterocycles. The fourth-order valence-corrected chi connectivity index (χ4v) is 1.36. The smallest absolute Gasteiger partial charge is 0.311 e. The number of amides is 1. The summed E-state index contributed by atoms with van der Waals surface area (Å²) in [5.41, 5.74) is 4.89. The largest absolute Gasteiger partial charge is 0.497 e. The van der Waals surface area contributed by atoms with Crippen LogP contribution in [0.3, 0.4) is 0 Å². The third-order valence-electron chi connectivity index (χ3n) is 2.32. The van der Waals surface area contributed by atoms with Crippen LogP contribution in [0, 0.1) is 10.1 Å². The summed E-state index contributed by atoms with van der Waals surface area (Å²) >= 11 is 0. The zero-order chi connectivity index (χ0) is 13.7. The number of hydrogen-bond donors (Lipinski definition) is 1. The Morgan fingerprint density at radius 2 is 2.22 bits per heavy atom. The van der Waals surface area contributed by atoms with E-state index in [1.54, 1.807) is 6.92 Å². The van der Waals surface area contributed by atoms with E-state index >= 15 is 0 Å². The highest BCUT2D eigenvalue weighted by Crippen LogP contribution is 2.32. The number of hydrogen-bond acceptors (Lipinski definition) is 5. The number of nitro groups is 1. The molecule has 7 heteroatoms. The van der Waals surface area contributed by atoms with E-state index in [9.17, 15) is 14.9 Å². The van der Waals surface area contributed by atoms with Crippen LogP contribution in [0.15, 0.2) is 18.2 Å². The number of ether oxygens (including phenoxy) is 2. The molecular formula is C11H14N2O5. The van der Waals surface area contributed by atoms with Gasteiger partial charge in [-0.3, -0.25) is 14.9 Å². The molecule has 7 nitrogen and oxygen atoms in total. The molecule has 1 amide bonds. The van der Waals surface area contributed by atoms with Crippen molar-refractivity contribution >= 4 is 11.6 Å². The highest BCUT2D eigenvalue weighted by Gasteiger charge is 2.22. The van der Waals surface area contributed by atoms with Gasteiger partial charge in [0.25, 0.3) is 5.91 Å². The number of nitrogens with zero attached hydrogens (tertiary/aromatic N) is 1. The number of carbonyl (C=O) groups is 1. The van der Waals surface area contributed by atoms with E-state index in [1.807, 2.05) is 0 Å². The second-order valence-electron chi connectivity index (χ2n) is 3.51. The molecule has 98 valence electrons. The van der Waals surface area contributed by atoms with Crippen molar-refractivity contribution in [2.75, 3.05) is 7.11 Å². The second-order valence-corrected chi connectivity index (χ2v) is 3.51. The van der Waals surface area contributed by atoms with Crippen LogP contribution in [0.2, 0.25) is 0 Å². The Labute approximate surface area is 104 Å². The average molecular weight is 254 g/mol. The van der Waals surface area contributed by atoms with Gasteiger partial charge < -0.3 is 15.2 Å². The Morgan fingerprint density at radius 3 is 2.67 bits per heavy atom. The minimum absolute atomic E-state index is 0.0370. The fourth-order valence-electron chi connectivity index (χ4n) is 1.36. The zero-order valence-electron chi connectivity index (χ0n) is 10.1. The molecule has 0 spiro atoms. The molecule has 0 saturated carbocycles. The van der Waals surface area contributed by atoms with Gasteiger partial charge in [0.15, 0.2) is 6.10 Å². The lowest BCUT2D eigenvalue weighted by Crippen LogP contribution is -2.33. The van der Waals surface area contributed by atoms with Gasteiger partial charge in [0.2, 0.25) is 5.75 Å². The first-order valence-corrected chi connectivity index (χ1v) is 5.28. The Bertz CT molecular complexity index is 461. The third kappa shape index (κ3) is 3.09. The summed E-state index contributed by atoms with van der Waals surface area (Å²) in [5, 5.41) is 10.8. The molecular weight excluding hydrogens is 240 g/mol. The standard InChI is InChI=1S/C11H14N2O5/c1-3-9(11(12)14)18-10-6-7(17-2)4-5-8(10)13(15)16/h4-6,9H,3H2,1-2H3,(H2,12,14). The summed E-state index contributed by atoms with van der Waals surface area (Å²) in [6, 6.07) is 4.04. The van der Waals surface area contributed by atoms with E-state index in [-0.39, 0.29) is 11.4 Å². The number of rotatable bonds is 6. The molecule has 1 rings (SSSR count). The molecule has 0 aliphatic rings. The molecule has 0 bridgehead atoms. The molecule has 1 unspecified atom stereocenters. The summed E-state index contributed by atoms with van der Waals surface area (Å²) in [4.78, 5) is 21.3. The number of carbonyl (C=O) groups excluding carboxylic acids is 1. The second kappa shape index (κ2) is 5.85. The third-order valence-corrected chi connectivity index (χ3v) is 2.32. The van der Waals surface area contributed by atoms with Crippen molar-refractivity contribution in [3.63, 3.8) is 0 Å². The zero-order valence-corrected chi connectivity index (χ0v) is 10.1. The van der Waals surface area contributed by atoms with E-state index in [4.69, 9.17) is 15.2 Å². The lowest BCUT2D eigenvalue weighted by molar-refractivity contribution is -0.386. The summed E-state index contributed by atoms with van der Waals surface area (Å²) < 4.78 is 10.2. The van der Waals surface area contributed by atoms with Crippen LogP contribution in [0.1, 0.15) is 13.3 Å². The van der Waals surface area contributed by atoms with E-state index in [2.05, 4.69) is 0 Å². The van der Waals surface area contributed by atoms with Crippen molar-refractivity contribution < 1.29 is 19.2 Å². The Balaban J connectivity index is 3.11. The molecule has 0 saturated heterocycles. The van der Waals surface area contributed by atoms with Crippen LogP contribution in [-0.4, -0.2) is 24.0 Å². The van der Waals surface area contributed by atoms with Crippen molar-refractivity contribution in [2.24, 2.45) is 5.73 Å². The molecule has 1 aromatic carbocycles. The number of nitro benzene ring substituents is 1. The minimum atomic E-state index is -0.907. The normalized spacial score (nSPS) is 11.7. The van der Waals surface area contributed by atoms with Gasteiger partial charge in [-0.15, -0.1) is 0 Å². The van der Waals surface area contributed by atoms with E-state index in [1.165, 1.54) is 25.3 Å². The molecule has 0 aliphatic carbocycles. The van der Waals surface area contributed by atoms with Crippen molar-refractivity contribution in [3.8, 4) is 11.5 Å². The summed E-state index contributed by atoms with van der Waals surface area (Å²) in [7, 11) is 1.43. The van der Waals surface area contributed by atoms with Gasteiger partial charge in [0.05, 0.1) is 12.0 Å². The summed E-state index contributed by atoms with van der Waals surface area (Å²) in [6.07, 6.45) is -0.584. The van der Waals surface area contributed by atoms with Crippen LogP contribution < -0.4 is 15.2 Å². The number of methoxy groups -OCH3 is 1. The summed E-state index contributed by atoms with van der Waals surface area (Å²) in [6.45, 7) is 1.70. The molecule has 1 atom stereocenters. The average Bonchev–Trinajstić information content (AvgIpc) is 2.34. The van der Waals surface area contributed by atoms with Crippen molar-refractivity contribution in [1.82, 2.24) is 0 Å². The first kappa shape index (κ1) is 13.8. The van der Waals surface area contributed by atoms with Gasteiger partial charge >= 0.3 is 5.69 Å². The molecule has 0 radical (unpaired) electrons. The van der Waals surface area contributed by atoms with Gasteiger partial charge in [-0.2, -0.15) is 0 Å². The monoisotopic (exact) mass is 254 g/mol. The fraction of sp³-hybridized carbons (Fsp3) is 0.364. The van der Waals surface area contributed by atoms with Crippen molar-refractivity contribution in [1.29, 1.82) is 0 Å². The first-order chi connectivity index (χ1) is 8.49. The quantitative estimate of drug-likeness (QED) is 0.607. The first-order valence-electron chi connectivity index (χ1n) is 5.28. The minimum Gasteiger partial charge on any atom is -0.497 e. The van der Waals surface area contributed by atoms with Crippen LogP contribution in [-0.2, 0) is 4.79 Å². The van der Waals surface area contributed by atoms with Crippen LogP contribution >= 0.6 is 0 Å². The van der Waals surface area contributed by atoms with Gasteiger partial charge in [-0.05, 0) is 12.5 Å². The maximum absolute atomic E-state index is 11.1. The Hall–Kier alpha value is -2.31. The van der Waals surface area contributed by atoms with Gasteiger partial charge in [0.1, 0.15) is 5.75 Å². The lowest BCUT2D eigenvalue weighted by atomic mass is 10.2. The predicted molar refractivity (Wildman–Crippen MR) is 63.5 cm³/mol. The predicted octanol–water partition coefficient (Wildman–Crippen LogP) is 1.25. The van der Waals surface area contributed by atoms with Gasteiger partial charge in [0, 0.05) is 12.1 Å². The molecule has 18 heavy (non-hydrogen) atoms. The maximum Gasteiger partial charge on any atom is 0.311 e. The van der Waals surface area contributed by atoms with E-state index in [0.717, 1.165) is 0 Å². The van der Waals surface area contributed by atoms with Crippen LogP contribution in [0.25, 0.3) is 0 Å². The maximum atomic E-state index is 11.1.